The Balaban J connectivity index is 1.88. The van der Waals surface area contributed by atoms with Crippen molar-refractivity contribution in [2.75, 3.05) is 12.3 Å². The molecule has 2 N–H and O–H groups in total. The van der Waals surface area contributed by atoms with E-state index in [1.807, 2.05) is 13.8 Å². The maximum atomic E-state index is 12.5. The number of halogens is 1. The molecule has 0 spiro atoms. The van der Waals surface area contributed by atoms with Crippen LogP contribution < -0.4 is 10.6 Å². The molecule has 2 amide bonds. The third-order valence-corrected chi connectivity index (χ3v) is 6.40. The fourth-order valence-corrected chi connectivity index (χ4v) is 4.15. The molecule has 8 heteroatoms. The van der Waals surface area contributed by atoms with Crippen LogP contribution in [0.25, 0.3) is 0 Å². The summed E-state index contributed by atoms with van der Waals surface area (Å²) >= 11 is 5.83. The van der Waals surface area contributed by atoms with Gasteiger partial charge < -0.3 is 10.6 Å². The van der Waals surface area contributed by atoms with Gasteiger partial charge in [-0.25, -0.2) is 8.42 Å². The van der Waals surface area contributed by atoms with Gasteiger partial charge in [-0.15, -0.1) is 0 Å². The molecule has 1 atom stereocenters. The van der Waals surface area contributed by atoms with E-state index in [1.54, 1.807) is 54.6 Å². The molecule has 0 aliphatic heterocycles. The SMILES string of the molecule is CC(C)C(NC(=O)c1ccc(Cl)cc1)C(=O)NCCCS(=O)(=O)c1ccccc1. The molecule has 0 aromatic heterocycles. The van der Waals surface area contributed by atoms with Crippen molar-refractivity contribution in [3.63, 3.8) is 0 Å². The van der Waals surface area contributed by atoms with Crippen LogP contribution in [0.5, 0.6) is 0 Å². The minimum atomic E-state index is -3.39. The van der Waals surface area contributed by atoms with E-state index >= 15 is 0 Å². The number of benzene rings is 2. The van der Waals surface area contributed by atoms with Crippen LogP contribution in [0, 0.1) is 5.92 Å². The maximum absolute atomic E-state index is 12.5. The normalized spacial score (nSPS) is 12.4. The van der Waals surface area contributed by atoms with Crippen LogP contribution in [0.4, 0.5) is 0 Å². The Morgan fingerprint density at radius 3 is 2.21 bits per heavy atom. The second-order valence-corrected chi connectivity index (χ2v) is 9.52. The zero-order valence-corrected chi connectivity index (χ0v) is 18.0. The largest absolute Gasteiger partial charge is 0.354 e. The number of sulfone groups is 1. The zero-order chi connectivity index (χ0) is 21.4. The van der Waals surface area contributed by atoms with Gasteiger partial charge in [-0.2, -0.15) is 0 Å². The van der Waals surface area contributed by atoms with Crippen LogP contribution in [-0.2, 0) is 14.6 Å². The Morgan fingerprint density at radius 1 is 1.00 bits per heavy atom. The van der Waals surface area contributed by atoms with E-state index in [1.165, 1.54) is 0 Å². The molecule has 0 saturated carbocycles. The van der Waals surface area contributed by atoms with Crippen LogP contribution >= 0.6 is 11.6 Å². The number of amides is 2. The highest BCUT2D eigenvalue weighted by Gasteiger charge is 2.24. The molecule has 2 aromatic carbocycles. The number of hydrogen-bond donors (Lipinski definition) is 2. The van der Waals surface area contributed by atoms with Crippen LogP contribution in [0.15, 0.2) is 59.5 Å². The van der Waals surface area contributed by atoms with Crippen molar-refractivity contribution in [3.8, 4) is 0 Å². The summed E-state index contributed by atoms with van der Waals surface area (Å²) in [6.45, 7) is 3.85. The second-order valence-electron chi connectivity index (χ2n) is 6.98. The first-order valence-corrected chi connectivity index (χ1v) is 11.4. The molecule has 2 rings (SSSR count). The molecule has 0 fully saturated rings. The maximum Gasteiger partial charge on any atom is 0.251 e. The molecule has 0 heterocycles. The van der Waals surface area contributed by atoms with Crippen molar-refractivity contribution in [1.29, 1.82) is 0 Å². The molecular formula is C21H25ClN2O4S. The molecule has 156 valence electrons. The summed E-state index contributed by atoms with van der Waals surface area (Å²) in [7, 11) is -3.39. The fourth-order valence-electron chi connectivity index (χ4n) is 2.69. The van der Waals surface area contributed by atoms with Gasteiger partial charge in [0.2, 0.25) is 5.91 Å². The van der Waals surface area contributed by atoms with Crippen molar-refractivity contribution < 1.29 is 18.0 Å². The number of carbonyl (C=O) groups excluding carboxylic acids is 2. The lowest BCUT2D eigenvalue weighted by Crippen LogP contribution is -2.50. The Morgan fingerprint density at radius 2 is 1.62 bits per heavy atom. The first-order valence-electron chi connectivity index (χ1n) is 9.32. The van der Waals surface area contributed by atoms with E-state index in [9.17, 15) is 18.0 Å². The van der Waals surface area contributed by atoms with Crippen molar-refractivity contribution in [2.24, 2.45) is 5.92 Å². The average molecular weight is 437 g/mol. The van der Waals surface area contributed by atoms with E-state index < -0.39 is 15.9 Å². The van der Waals surface area contributed by atoms with Gasteiger partial charge in [0.15, 0.2) is 9.84 Å². The van der Waals surface area contributed by atoms with Crippen molar-refractivity contribution >= 4 is 33.3 Å². The van der Waals surface area contributed by atoms with E-state index in [0.29, 0.717) is 10.6 Å². The first kappa shape index (κ1) is 22.9. The predicted molar refractivity (Wildman–Crippen MR) is 114 cm³/mol. The monoisotopic (exact) mass is 436 g/mol. The molecule has 0 aliphatic rings. The predicted octanol–water partition coefficient (Wildman–Crippen LogP) is 3.07. The molecule has 0 radical (unpaired) electrons. The topological polar surface area (TPSA) is 92.3 Å². The van der Waals surface area contributed by atoms with Crippen LogP contribution in [0.1, 0.15) is 30.6 Å². The molecular weight excluding hydrogens is 412 g/mol. The first-order chi connectivity index (χ1) is 13.7. The van der Waals surface area contributed by atoms with Gasteiger partial charge in [-0.05, 0) is 48.7 Å². The molecule has 6 nitrogen and oxygen atoms in total. The lowest BCUT2D eigenvalue weighted by molar-refractivity contribution is -0.123. The van der Waals surface area contributed by atoms with Gasteiger partial charge >= 0.3 is 0 Å². The third-order valence-electron chi connectivity index (χ3n) is 4.33. The van der Waals surface area contributed by atoms with Gasteiger partial charge in [0.05, 0.1) is 10.6 Å². The minimum Gasteiger partial charge on any atom is -0.354 e. The highest BCUT2D eigenvalue weighted by molar-refractivity contribution is 7.91. The zero-order valence-electron chi connectivity index (χ0n) is 16.4. The lowest BCUT2D eigenvalue weighted by atomic mass is 10.0. The number of nitrogens with one attached hydrogen (secondary N) is 2. The summed E-state index contributed by atoms with van der Waals surface area (Å²) in [6.07, 6.45) is 0.277. The highest BCUT2D eigenvalue weighted by atomic mass is 35.5. The van der Waals surface area contributed by atoms with Crippen molar-refractivity contribution in [3.05, 3.63) is 65.2 Å². The van der Waals surface area contributed by atoms with Gasteiger partial charge in [0.1, 0.15) is 6.04 Å². The fraction of sp³-hybridized carbons (Fsp3) is 0.333. The molecule has 2 aromatic rings. The minimum absolute atomic E-state index is 0.0687. The van der Waals surface area contributed by atoms with E-state index in [2.05, 4.69) is 10.6 Å². The molecule has 0 bridgehead atoms. The summed E-state index contributed by atoms with van der Waals surface area (Å²) in [5.74, 6) is -0.929. The summed E-state index contributed by atoms with van der Waals surface area (Å²) < 4.78 is 24.5. The van der Waals surface area contributed by atoms with E-state index in [4.69, 9.17) is 11.6 Å². The Labute approximate surface area is 176 Å². The van der Waals surface area contributed by atoms with Gasteiger partial charge in [0, 0.05) is 17.1 Å². The number of carbonyl (C=O) groups is 2. The molecule has 29 heavy (non-hydrogen) atoms. The lowest BCUT2D eigenvalue weighted by Gasteiger charge is -2.21. The summed E-state index contributed by atoms with van der Waals surface area (Å²) in [5.41, 5.74) is 0.404. The third kappa shape index (κ3) is 6.87. The number of hydrogen-bond acceptors (Lipinski definition) is 4. The standard InChI is InChI=1S/C21H25ClN2O4S/c1-15(2)19(24-20(25)16-9-11-17(22)12-10-16)21(26)23-13-6-14-29(27,28)18-7-4-3-5-8-18/h3-5,7-12,15,19H,6,13-14H2,1-2H3,(H,23,26)(H,24,25). The van der Waals surface area contributed by atoms with Gasteiger partial charge in [-0.3, -0.25) is 9.59 Å². The average Bonchev–Trinajstić information content (AvgIpc) is 2.70. The number of rotatable bonds is 9. The van der Waals surface area contributed by atoms with E-state index in [0.717, 1.165) is 0 Å². The van der Waals surface area contributed by atoms with Crippen molar-refractivity contribution in [1.82, 2.24) is 10.6 Å². The second kappa shape index (κ2) is 10.4. The van der Waals surface area contributed by atoms with E-state index in [-0.39, 0.29) is 41.3 Å². The van der Waals surface area contributed by atoms with Gasteiger partial charge in [0.25, 0.3) is 5.91 Å². The Kier molecular flexibility index (Phi) is 8.22. The van der Waals surface area contributed by atoms with Crippen LogP contribution in [0.3, 0.4) is 0 Å². The van der Waals surface area contributed by atoms with Crippen LogP contribution in [0.2, 0.25) is 5.02 Å². The molecule has 1 unspecified atom stereocenters. The Hall–Kier alpha value is -2.38. The summed E-state index contributed by atoms with van der Waals surface area (Å²) in [4.78, 5) is 25.1. The smallest absolute Gasteiger partial charge is 0.251 e. The quantitative estimate of drug-likeness (QED) is 0.591. The van der Waals surface area contributed by atoms with Gasteiger partial charge in [-0.1, -0.05) is 43.6 Å². The summed E-state index contributed by atoms with van der Waals surface area (Å²) in [5, 5.41) is 5.96. The summed E-state index contributed by atoms with van der Waals surface area (Å²) in [6, 6.07) is 13.8. The van der Waals surface area contributed by atoms with Crippen molar-refractivity contribution in [2.45, 2.75) is 31.2 Å². The highest BCUT2D eigenvalue weighted by Crippen LogP contribution is 2.12. The molecule has 0 saturated heterocycles. The molecule has 0 aliphatic carbocycles. The Bertz CT molecular complexity index is 929. The van der Waals surface area contributed by atoms with Crippen LogP contribution in [-0.4, -0.2) is 38.6 Å².